The number of nitrogens with zero attached hydrogens (tertiary/aromatic N) is 3. The van der Waals surface area contributed by atoms with Gasteiger partial charge in [0.15, 0.2) is 0 Å². The SMILES string of the molecule is CC(=O)N1c2ccc(C(C=NC3CCNCC3)=CN)c(Oc3ccccn3)c2CCC1C. The molecular weight excluding hydrogens is 402 g/mol. The van der Waals surface area contributed by atoms with Crippen molar-refractivity contribution < 1.29 is 9.53 Å². The highest BCUT2D eigenvalue weighted by Crippen LogP contribution is 2.42. The van der Waals surface area contributed by atoms with Gasteiger partial charge in [0.1, 0.15) is 5.75 Å². The lowest BCUT2D eigenvalue weighted by Crippen LogP contribution is -2.40. The number of rotatable bonds is 5. The Morgan fingerprint density at radius 2 is 2.06 bits per heavy atom. The van der Waals surface area contributed by atoms with E-state index in [1.165, 1.54) is 0 Å². The molecule has 1 atom stereocenters. The molecule has 4 rings (SSSR count). The smallest absolute Gasteiger partial charge is 0.224 e. The summed E-state index contributed by atoms with van der Waals surface area (Å²) in [6.45, 7) is 5.65. The first-order chi connectivity index (χ1) is 15.6. The molecular formula is C25H31N5O2. The summed E-state index contributed by atoms with van der Waals surface area (Å²) in [4.78, 5) is 23.4. The van der Waals surface area contributed by atoms with Crippen LogP contribution in [0.25, 0.3) is 5.57 Å². The Labute approximate surface area is 189 Å². The predicted molar refractivity (Wildman–Crippen MR) is 128 cm³/mol. The molecule has 2 aliphatic rings. The van der Waals surface area contributed by atoms with Gasteiger partial charge in [-0.05, 0) is 63.9 Å². The first kappa shape index (κ1) is 22.0. The van der Waals surface area contributed by atoms with E-state index in [1.807, 2.05) is 41.4 Å². The zero-order valence-corrected chi connectivity index (χ0v) is 18.8. The van der Waals surface area contributed by atoms with E-state index in [0.29, 0.717) is 11.6 Å². The number of aliphatic imine (C=N–C) groups is 1. The molecule has 7 heteroatoms. The molecule has 32 heavy (non-hydrogen) atoms. The quantitative estimate of drug-likeness (QED) is 0.702. The van der Waals surface area contributed by atoms with Crippen LogP contribution in [0.3, 0.4) is 0 Å². The number of aromatic nitrogens is 1. The van der Waals surface area contributed by atoms with Gasteiger partial charge in [0.25, 0.3) is 0 Å². The average Bonchev–Trinajstić information content (AvgIpc) is 2.81. The summed E-state index contributed by atoms with van der Waals surface area (Å²) in [7, 11) is 0. The first-order valence-corrected chi connectivity index (χ1v) is 11.3. The molecule has 0 saturated carbocycles. The highest BCUT2D eigenvalue weighted by Gasteiger charge is 2.30. The molecule has 1 unspecified atom stereocenters. The second-order valence-corrected chi connectivity index (χ2v) is 8.37. The highest BCUT2D eigenvalue weighted by atomic mass is 16.5. The van der Waals surface area contributed by atoms with Gasteiger partial charge < -0.3 is 20.7 Å². The van der Waals surface area contributed by atoms with Gasteiger partial charge in [0.05, 0.1) is 11.7 Å². The Morgan fingerprint density at radius 1 is 1.25 bits per heavy atom. The van der Waals surface area contributed by atoms with E-state index >= 15 is 0 Å². The maximum atomic E-state index is 12.4. The minimum Gasteiger partial charge on any atom is -0.438 e. The van der Waals surface area contributed by atoms with Crippen molar-refractivity contribution in [3.63, 3.8) is 0 Å². The molecule has 0 radical (unpaired) electrons. The van der Waals surface area contributed by atoms with Crippen molar-refractivity contribution in [1.82, 2.24) is 10.3 Å². The van der Waals surface area contributed by atoms with Crippen molar-refractivity contribution in [1.29, 1.82) is 0 Å². The van der Waals surface area contributed by atoms with Gasteiger partial charge in [0, 0.05) is 54.3 Å². The molecule has 1 aromatic carbocycles. The van der Waals surface area contributed by atoms with Gasteiger partial charge in [-0.25, -0.2) is 4.98 Å². The Bertz CT molecular complexity index is 1010. The van der Waals surface area contributed by atoms with Crippen molar-refractivity contribution in [3.8, 4) is 11.6 Å². The molecule has 1 fully saturated rings. The van der Waals surface area contributed by atoms with Crippen molar-refractivity contribution in [2.24, 2.45) is 10.7 Å². The molecule has 2 aliphatic heterocycles. The normalized spacial score (nSPS) is 19.8. The number of amides is 1. The fourth-order valence-electron chi connectivity index (χ4n) is 4.48. The number of hydrogen-bond donors (Lipinski definition) is 2. The van der Waals surface area contributed by atoms with Crippen molar-refractivity contribution >= 4 is 23.4 Å². The first-order valence-electron chi connectivity index (χ1n) is 11.3. The van der Waals surface area contributed by atoms with E-state index < -0.39 is 0 Å². The molecule has 3 N–H and O–H groups in total. The van der Waals surface area contributed by atoms with Crippen LogP contribution in [0.2, 0.25) is 0 Å². The van der Waals surface area contributed by atoms with Crippen LogP contribution in [0.4, 0.5) is 5.69 Å². The number of nitrogens with two attached hydrogens (primary N) is 1. The topological polar surface area (TPSA) is 92.8 Å². The number of pyridine rings is 1. The van der Waals surface area contributed by atoms with Crippen LogP contribution in [-0.4, -0.2) is 42.3 Å². The average molecular weight is 434 g/mol. The van der Waals surface area contributed by atoms with E-state index in [4.69, 9.17) is 15.5 Å². The standard InChI is InChI=1S/C25H31N5O2/c1-17-6-7-22-23(30(17)18(2)31)9-8-21(25(22)32-24-5-3-4-12-28-24)19(15-26)16-29-20-10-13-27-14-11-20/h3-5,8-9,12,15-17,20,27H,6-7,10-11,13-14,26H2,1-2H3. The highest BCUT2D eigenvalue weighted by molar-refractivity contribution is 6.11. The number of carbonyl (C=O) groups excluding carboxylic acids is 1. The molecule has 1 amide bonds. The molecule has 0 bridgehead atoms. The molecule has 0 aliphatic carbocycles. The van der Waals surface area contributed by atoms with Gasteiger partial charge in [0.2, 0.25) is 11.8 Å². The van der Waals surface area contributed by atoms with Gasteiger partial charge in [-0.2, -0.15) is 0 Å². The van der Waals surface area contributed by atoms with E-state index in [1.54, 1.807) is 19.3 Å². The fourth-order valence-corrected chi connectivity index (χ4v) is 4.48. The lowest BCUT2D eigenvalue weighted by atomic mass is 9.91. The van der Waals surface area contributed by atoms with Gasteiger partial charge in [-0.3, -0.25) is 9.79 Å². The van der Waals surface area contributed by atoms with E-state index in [-0.39, 0.29) is 18.0 Å². The maximum Gasteiger partial charge on any atom is 0.224 e. The van der Waals surface area contributed by atoms with Gasteiger partial charge >= 0.3 is 0 Å². The predicted octanol–water partition coefficient (Wildman–Crippen LogP) is 3.68. The molecule has 1 aromatic heterocycles. The fraction of sp³-hybridized carbons (Fsp3) is 0.400. The third-order valence-corrected chi connectivity index (χ3v) is 6.16. The second-order valence-electron chi connectivity index (χ2n) is 8.37. The van der Waals surface area contributed by atoms with Crippen LogP contribution in [0.5, 0.6) is 11.6 Å². The number of carbonyl (C=O) groups is 1. The summed E-state index contributed by atoms with van der Waals surface area (Å²) >= 11 is 0. The number of ether oxygens (including phenoxy) is 1. The zero-order chi connectivity index (χ0) is 22.5. The lowest BCUT2D eigenvalue weighted by Gasteiger charge is -2.36. The lowest BCUT2D eigenvalue weighted by molar-refractivity contribution is -0.117. The third kappa shape index (κ3) is 4.67. The third-order valence-electron chi connectivity index (χ3n) is 6.16. The van der Waals surface area contributed by atoms with Crippen LogP contribution >= 0.6 is 0 Å². The van der Waals surface area contributed by atoms with Crippen molar-refractivity contribution in [2.75, 3.05) is 18.0 Å². The molecule has 168 valence electrons. The number of anilines is 1. The minimum atomic E-state index is 0.0250. The number of nitrogens with one attached hydrogen (secondary N) is 1. The Hall–Kier alpha value is -3.19. The van der Waals surface area contributed by atoms with E-state index in [0.717, 1.165) is 61.2 Å². The molecule has 0 spiro atoms. The number of allylic oxidation sites excluding steroid dienone is 1. The van der Waals surface area contributed by atoms with Crippen LogP contribution in [0, 0.1) is 0 Å². The largest absolute Gasteiger partial charge is 0.438 e. The summed E-state index contributed by atoms with van der Waals surface area (Å²) in [5.74, 6) is 1.21. The number of hydrogen-bond acceptors (Lipinski definition) is 6. The maximum absolute atomic E-state index is 12.4. The number of fused-ring (bicyclic) bond motifs is 1. The summed E-state index contributed by atoms with van der Waals surface area (Å²) < 4.78 is 6.33. The van der Waals surface area contributed by atoms with Gasteiger partial charge in [-0.1, -0.05) is 6.07 Å². The molecule has 1 saturated heterocycles. The summed E-state index contributed by atoms with van der Waals surface area (Å²) in [5.41, 5.74) is 9.59. The van der Waals surface area contributed by atoms with Crippen molar-refractivity contribution in [3.05, 3.63) is 53.9 Å². The van der Waals surface area contributed by atoms with Crippen LogP contribution < -0.4 is 20.7 Å². The van der Waals surface area contributed by atoms with Crippen LogP contribution in [0.1, 0.15) is 44.2 Å². The van der Waals surface area contributed by atoms with Crippen LogP contribution in [0.15, 0.2) is 47.7 Å². The minimum absolute atomic E-state index is 0.0250. The van der Waals surface area contributed by atoms with Crippen molar-refractivity contribution in [2.45, 2.75) is 51.6 Å². The van der Waals surface area contributed by atoms with Gasteiger partial charge in [-0.15, -0.1) is 0 Å². The number of benzene rings is 1. The molecule has 2 aromatic rings. The summed E-state index contributed by atoms with van der Waals surface area (Å²) in [5, 5.41) is 3.36. The Balaban J connectivity index is 1.77. The van der Waals surface area contributed by atoms with E-state index in [9.17, 15) is 4.79 Å². The zero-order valence-electron chi connectivity index (χ0n) is 18.8. The number of piperidine rings is 1. The Kier molecular flexibility index (Phi) is 6.85. The summed E-state index contributed by atoms with van der Waals surface area (Å²) in [6, 6.07) is 9.96. The van der Waals surface area contributed by atoms with Crippen LogP contribution in [-0.2, 0) is 11.2 Å². The van der Waals surface area contributed by atoms with E-state index in [2.05, 4.69) is 17.2 Å². The second kappa shape index (κ2) is 9.96. The molecule has 3 heterocycles. The Morgan fingerprint density at radius 3 is 2.75 bits per heavy atom. The summed E-state index contributed by atoms with van der Waals surface area (Å²) in [6.07, 6.45) is 8.83. The monoisotopic (exact) mass is 433 g/mol. The molecule has 7 nitrogen and oxygen atoms in total.